The van der Waals surface area contributed by atoms with Gasteiger partial charge < -0.3 is 4.74 Å². The number of ether oxygens (including phenoxy) is 1. The van der Waals surface area contributed by atoms with Crippen LogP contribution in [0.25, 0.3) is 0 Å². The lowest BCUT2D eigenvalue weighted by Crippen LogP contribution is -2.41. The van der Waals surface area contributed by atoms with Crippen LogP contribution < -0.4 is 4.74 Å². The lowest BCUT2D eigenvalue weighted by molar-refractivity contribution is 0.181. The highest BCUT2D eigenvalue weighted by Gasteiger charge is 2.25. The molecule has 0 fully saturated rings. The first-order valence-electron chi connectivity index (χ1n) is 8.73. The van der Waals surface area contributed by atoms with Crippen molar-refractivity contribution < 1.29 is 4.74 Å². The van der Waals surface area contributed by atoms with Gasteiger partial charge in [0.15, 0.2) is 0 Å². The molecule has 1 aliphatic carbocycles. The molecule has 0 radical (unpaired) electrons. The minimum atomic E-state index is 0.675. The molecule has 0 saturated carbocycles. The van der Waals surface area contributed by atoms with E-state index in [0.29, 0.717) is 6.04 Å². The molecule has 23 heavy (non-hydrogen) atoms. The van der Waals surface area contributed by atoms with Crippen LogP contribution in [0.5, 0.6) is 5.75 Å². The fraction of sp³-hybridized carbons (Fsp3) is 0.500. The lowest BCUT2D eigenvalue weighted by Gasteiger charge is -2.35. The van der Waals surface area contributed by atoms with E-state index in [1.165, 1.54) is 48.4 Å². The van der Waals surface area contributed by atoms with E-state index in [1.807, 2.05) is 11.3 Å². The number of hydrogen-bond donors (Lipinski definition) is 0. The van der Waals surface area contributed by atoms with Gasteiger partial charge in [0, 0.05) is 17.5 Å². The molecule has 3 rings (SSSR count). The molecule has 0 amide bonds. The van der Waals surface area contributed by atoms with Gasteiger partial charge in [0.2, 0.25) is 0 Å². The van der Waals surface area contributed by atoms with E-state index in [0.717, 1.165) is 18.6 Å². The topological polar surface area (TPSA) is 12.5 Å². The van der Waals surface area contributed by atoms with Crippen LogP contribution in [0.3, 0.4) is 0 Å². The maximum absolute atomic E-state index is 5.54. The first-order chi connectivity index (χ1) is 11.3. The van der Waals surface area contributed by atoms with E-state index in [9.17, 15) is 0 Å². The van der Waals surface area contributed by atoms with E-state index in [-0.39, 0.29) is 0 Å². The molecule has 0 aliphatic heterocycles. The van der Waals surface area contributed by atoms with Gasteiger partial charge in [-0.15, -0.1) is 11.3 Å². The van der Waals surface area contributed by atoms with Gasteiger partial charge in [0.25, 0.3) is 0 Å². The smallest absolute Gasteiger partial charge is 0.122 e. The highest BCUT2D eigenvalue weighted by Crippen LogP contribution is 2.31. The number of fused-ring (bicyclic) bond motifs is 1. The first-order valence-corrected chi connectivity index (χ1v) is 9.61. The molecule has 1 aromatic heterocycles. The summed E-state index contributed by atoms with van der Waals surface area (Å²) in [7, 11) is 1.78. The highest BCUT2D eigenvalue weighted by molar-refractivity contribution is 7.09. The Morgan fingerprint density at radius 3 is 2.87 bits per heavy atom. The van der Waals surface area contributed by atoms with Crippen molar-refractivity contribution >= 4 is 11.3 Å². The molecule has 3 heteroatoms. The van der Waals surface area contributed by atoms with E-state index < -0.39 is 0 Å². The fourth-order valence-corrected chi connectivity index (χ4v) is 4.43. The maximum atomic E-state index is 5.54. The van der Waals surface area contributed by atoms with Crippen molar-refractivity contribution in [3.63, 3.8) is 0 Å². The van der Waals surface area contributed by atoms with E-state index in [4.69, 9.17) is 4.74 Å². The molecule has 1 heterocycles. The zero-order chi connectivity index (χ0) is 16.1. The van der Waals surface area contributed by atoms with Crippen molar-refractivity contribution in [2.24, 2.45) is 0 Å². The summed E-state index contributed by atoms with van der Waals surface area (Å²) >= 11 is 1.88. The minimum absolute atomic E-state index is 0.675. The predicted octanol–water partition coefficient (Wildman–Crippen LogP) is 4.57. The zero-order valence-corrected chi connectivity index (χ0v) is 15.1. The third-order valence-electron chi connectivity index (χ3n) is 4.89. The highest BCUT2D eigenvalue weighted by atomic mass is 32.1. The SMILES string of the molecule is CCCN(CCc1cccs1)[C@@H]1CCc2c(cccc2OC)C1. The van der Waals surface area contributed by atoms with Gasteiger partial charge in [-0.3, -0.25) is 4.90 Å². The number of nitrogens with zero attached hydrogens (tertiary/aromatic N) is 1. The second-order valence-electron chi connectivity index (χ2n) is 6.36. The van der Waals surface area contributed by atoms with Gasteiger partial charge in [0.1, 0.15) is 5.75 Å². The van der Waals surface area contributed by atoms with Crippen LogP contribution in [0.2, 0.25) is 0 Å². The molecule has 1 aliphatic rings. The Morgan fingerprint density at radius 2 is 2.13 bits per heavy atom. The molecule has 0 bridgehead atoms. The summed E-state index contributed by atoms with van der Waals surface area (Å²) in [5.74, 6) is 1.07. The van der Waals surface area contributed by atoms with Gasteiger partial charge >= 0.3 is 0 Å². The number of benzene rings is 1. The largest absolute Gasteiger partial charge is 0.496 e. The van der Waals surface area contributed by atoms with Crippen LogP contribution in [-0.2, 0) is 19.3 Å². The number of hydrogen-bond acceptors (Lipinski definition) is 3. The van der Waals surface area contributed by atoms with E-state index in [1.54, 1.807) is 7.11 Å². The van der Waals surface area contributed by atoms with Crippen LogP contribution in [0.15, 0.2) is 35.7 Å². The summed E-state index contributed by atoms with van der Waals surface area (Å²) in [6.45, 7) is 4.67. The van der Waals surface area contributed by atoms with Crippen molar-refractivity contribution in [1.29, 1.82) is 0 Å². The Hall–Kier alpha value is -1.32. The molecule has 1 atom stereocenters. The number of methoxy groups -OCH3 is 1. The normalized spacial score (nSPS) is 17.3. The average molecular weight is 330 g/mol. The van der Waals surface area contributed by atoms with Crippen molar-refractivity contribution in [3.05, 3.63) is 51.7 Å². The van der Waals surface area contributed by atoms with Gasteiger partial charge in [-0.25, -0.2) is 0 Å². The Morgan fingerprint density at radius 1 is 1.22 bits per heavy atom. The van der Waals surface area contributed by atoms with Crippen LogP contribution in [-0.4, -0.2) is 31.1 Å². The van der Waals surface area contributed by atoms with Crippen LogP contribution in [0.4, 0.5) is 0 Å². The van der Waals surface area contributed by atoms with Crippen molar-refractivity contribution in [2.75, 3.05) is 20.2 Å². The minimum Gasteiger partial charge on any atom is -0.496 e. The number of thiophene rings is 1. The quantitative estimate of drug-likeness (QED) is 0.738. The Labute approximate surface area is 144 Å². The maximum Gasteiger partial charge on any atom is 0.122 e. The molecule has 0 saturated heterocycles. The molecule has 124 valence electrons. The van der Waals surface area contributed by atoms with E-state index in [2.05, 4.69) is 47.5 Å². The van der Waals surface area contributed by atoms with Gasteiger partial charge in [-0.05, 0) is 67.3 Å². The second-order valence-corrected chi connectivity index (χ2v) is 7.39. The summed E-state index contributed by atoms with van der Waals surface area (Å²) in [5, 5.41) is 2.18. The molecule has 2 aromatic rings. The summed E-state index contributed by atoms with van der Waals surface area (Å²) in [6, 6.07) is 11.6. The molecule has 0 unspecified atom stereocenters. The zero-order valence-electron chi connectivity index (χ0n) is 14.3. The Balaban J connectivity index is 1.68. The van der Waals surface area contributed by atoms with Gasteiger partial charge in [0.05, 0.1) is 7.11 Å². The van der Waals surface area contributed by atoms with Crippen molar-refractivity contribution in [2.45, 2.75) is 45.1 Å². The lowest BCUT2D eigenvalue weighted by atomic mass is 9.86. The van der Waals surface area contributed by atoms with Crippen molar-refractivity contribution in [1.82, 2.24) is 4.90 Å². The van der Waals surface area contributed by atoms with Crippen LogP contribution >= 0.6 is 11.3 Å². The number of rotatable bonds is 7. The summed E-state index contributed by atoms with van der Waals surface area (Å²) in [5.41, 5.74) is 2.92. The Bertz CT molecular complexity index is 608. The monoisotopic (exact) mass is 329 g/mol. The summed E-state index contributed by atoms with van der Waals surface area (Å²) in [6.07, 6.45) is 5.96. The third-order valence-corrected chi connectivity index (χ3v) is 5.82. The van der Waals surface area contributed by atoms with Crippen LogP contribution in [0.1, 0.15) is 35.8 Å². The third kappa shape index (κ3) is 3.96. The van der Waals surface area contributed by atoms with Crippen LogP contribution in [0, 0.1) is 0 Å². The molecular formula is C20H27NOS. The molecule has 0 N–H and O–H groups in total. The predicted molar refractivity (Wildman–Crippen MR) is 98.7 cm³/mol. The molecule has 0 spiro atoms. The average Bonchev–Trinajstić information content (AvgIpc) is 3.11. The molecular weight excluding hydrogens is 302 g/mol. The van der Waals surface area contributed by atoms with Crippen molar-refractivity contribution in [3.8, 4) is 5.75 Å². The summed E-state index contributed by atoms with van der Waals surface area (Å²) in [4.78, 5) is 4.21. The Kier molecular flexibility index (Phi) is 5.74. The molecule has 1 aromatic carbocycles. The summed E-state index contributed by atoms with van der Waals surface area (Å²) < 4.78 is 5.54. The van der Waals surface area contributed by atoms with E-state index >= 15 is 0 Å². The second kappa shape index (κ2) is 7.98. The standard InChI is InChI=1S/C20H27NOS/c1-3-12-21(13-11-18-7-5-14-23-18)17-9-10-19-16(15-17)6-4-8-20(19)22-2/h4-8,14,17H,3,9-13,15H2,1-2H3/t17-/m1/s1. The fourth-order valence-electron chi connectivity index (χ4n) is 3.73. The first kappa shape index (κ1) is 16.5. The molecule has 2 nitrogen and oxygen atoms in total. The van der Waals surface area contributed by atoms with Gasteiger partial charge in [-0.1, -0.05) is 25.1 Å². The van der Waals surface area contributed by atoms with Gasteiger partial charge in [-0.2, -0.15) is 0 Å².